The van der Waals surface area contributed by atoms with Crippen LogP contribution in [0.3, 0.4) is 0 Å². The number of carbonyl (C=O) groups is 2. The first-order chi connectivity index (χ1) is 13.0. The summed E-state index contributed by atoms with van der Waals surface area (Å²) >= 11 is 0. The summed E-state index contributed by atoms with van der Waals surface area (Å²) in [5, 5.41) is 16.3. The molecule has 1 aliphatic carbocycles. The summed E-state index contributed by atoms with van der Waals surface area (Å²) in [7, 11) is 0. The summed E-state index contributed by atoms with van der Waals surface area (Å²) in [4.78, 5) is 24.2. The molecule has 1 amide bonds. The lowest BCUT2D eigenvalue weighted by atomic mass is 9.95. The SMILES string of the molecule is C=CCCC(NC(=O)c1nn(-c2cccc(F)c2)c2c1CCCC2)C(=O)O. The molecule has 1 aromatic carbocycles. The maximum Gasteiger partial charge on any atom is 0.326 e. The highest BCUT2D eigenvalue weighted by atomic mass is 19.1. The molecule has 0 spiro atoms. The Balaban J connectivity index is 1.94. The fraction of sp³-hybridized carbons (Fsp3) is 0.350. The van der Waals surface area contributed by atoms with Crippen molar-refractivity contribution in [3.63, 3.8) is 0 Å². The zero-order chi connectivity index (χ0) is 19.4. The smallest absolute Gasteiger partial charge is 0.326 e. The van der Waals surface area contributed by atoms with Gasteiger partial charge in [-0.15, -0.1) is 6.58 Å². The second-order valence-corrected chi connectivity index (χ2v) is 6.60. The zero-order valence-electron chi connectivity index (χ0n) is 14.9. The minimum atomic E-state index is -1.09. The number of benzene rings is 1. The summed E-state index contributed by atoms with van der Waals surface area (Å²) in [6.45, 7) is 3.58. The van der Waals surface area contributed by atoms with Gasteiger partial charge in [-0.1, -0.05) is 12.1 Å². The first-order valence-corrected chi connectivity index (χ1v) is 9.02. The molecule has 1 atom stereocenters. The predicted octanol–water partition coefficient (Wildman–Crippen LogP) is 3.04. The molecule has 0 saturated carbocycles. The van der Waals surface area contributed by atoms with Gasteiger partial charge in [-0.05, 0) is 56.7 Å². The van der Waals surface area contributed by atoms with E-state index in [9.17, 15) is 19.1 Å². The van der Waals surface area contributed by atoms with E-state index in [0.29, 0.717) is 18.5 Å². The van der Waals surface area contributed by atoms with Crippen LogP contribution < -0.4 is 5.32 Å². The minimum Gasteiger partial charge on any atom is -0.480 e. The van der Waals surface area contributed by atoms with Gasteiger partial charge in [-0.25, -0.2) is 13.9 Å². The zero-order valence-corrected chi connectivity index (χ0v) is 14.9. The number of aliphatic carboxylic acids is 1. The van der Waals surface area contributed by atoms with Gasteiger partial charge in [0.05, 0.1) is 5.69 Å². The Kier molecular flexibility index (Phi) is 5.69. The number of nitrogens with zero attached hydrogens (tertiary/aromatic N) is 2. The van der Waals surface area contributed by atoms with Gasteiger partial charge in [0.2, 0.25) is 0 Å². The highest BCUT2D eigenvalue weighted by Crippen LogP contribution is 2.27. The topological polar surface area (TPSA) is 84.2 Å². The predicted molar refractivity (Wildman–Crippen MR) is 98.5 cm³/mol. The molecule has 3 rings (SSSR count). The van der Waals surface area contributed by atoms with Gasteiger partial charge >= 0.3 is 5.97 Å². The number of carboxylic acids is 1. The Labute approximate surface area is 156 Å². The normalized spacial score (nSPS) is 14.3. The van der Waals surface area contributed by atoms with Crippen molar-refractivity contribution in [1.82, 2.24) is 15.1 Å². The van der Waals surface area contributed by atoms with Gasteiger partial charge in [0.15, 0.2) is 5.69 Å². The van der Waals surface area contributed by atoms with Crippen LogP contribution in [0, 0.1) is 5.82 Å². The third-order valence-electron chi connectivity index (χ3n) is 4.71. The molecule has 0 bridgehead atoms. The van der Waals surface area contributed by atoms with Gasteiger partial charge in [-0.3, -0.25) is 4.79 Å². The first-order valence-electron chi connectivity index (χ1n) is 9.02. The van der Waals surface area contributed by atoms with Crippen molar-refractivity contribution in [2.75, 3.05) is 0 Å². The molecule has 2 N–H and O–H groups in total. The van der Waals surface area contributed by atoms with Gasteiger partial charge < -0.3 is 10.4 Å². The Morgan fingerprint density at radius 3 is 2.85 bits per heavy atom. The van der Waals surface area contributed by atoms with E-state index in [1.165, 1.54) is 12.1 Å². The average molecular weight is 371 g/mol. The molecule has 1 aromatic heterocycles. The molecule has 6 nitrogen and oxygen atoms in total. The molecule has 0 saturated heterocycles. The van der Waals surface area contributed by atoms with E-state index < -0.39 is 17.9 Å². The van der Waals surface area contributed by atoms with E-state index in [1.807, 2.05) is 0 Å². The molecule has 1 unspecified atom stereocenters. The van der Waals surface area contributed by atoms with Gasteiger partial charge in [-0.2, -0.15) is 5.10 Å². The quantitative estimate of drug-likeness (QED) is 0.733. The van der Waals surface area contributed by atoms with Crippen molar-refractivity contribution >= 4 is 11.9 Å². The molecule has 0 fully saturated rings. The first kappa shape index (κ1) is 18.8. The number of nitrogens with one attached hydrogen (secondary N) is 1. The van der Waals surface area contributed by atoms with Crippen LogP contribution >= 0.6 is 0 Å². The Hall–Kier alpha value is -2.96. The largest absolute Gasteiger partial charge is 0.480 e. The number of halogens is 1. The van der Waals surface area contributed by atoms with Crippen LogP contribution in [-0.4, -0.2) is 32.8 Å². The monoisotopic (exact) mass is 371 g/mol. The average Bonchev–Trinajstić information content (AvgIpc) is 3.04. The van der Waals surface area contributed by atoms with Crippen molar-refractivity contribution in [3.05, 3.63) is 59.7 Å². The van der Waals surface area contributed by atoms with E-state index in [1.54, 1.807) is 22.9 Å². The Bertz CT molecular complexity index is 875. The summed E-state index contributed by atoms with van der Waals surface area (Å²) in [6, 6.07) is 5.04. The van der Waals surface area contributed by atoms with E-state index in [2.05, 4.69) is 17.0 Å². The van der Waals surface area contributed by atoms with Gasteiger partial charge in [0.1, 0.15) is 11.9 Å². The molecular weight excluding hydrogens is 349 g/mol. The van der Waals surface area contributed by atoms with Crippen LogP contribution in [0.5, 0.6) is 0 Å². The number of hydrogen-bond donors (Lipinski definition) is 2. The number of carbonyl (C=O) groups excluding carboxylic acids is 1. The molecule has 27 heavy (non-hydrogen) atoms. The molecule has 0 radical (unpaired) electrons. The maximum atomic E-state index is 13.6. The number of amides is 1. The van der Waals surface area contributed by atoms with Gasteiger partial charge in [0, 0.05) is 11.3 Å². The molecule has 1 heterocycles. The van der Waals surface area contributed by atoms with E-state index in [4.69, 9.17) is 0 Å². The number of allylic oxidation sites excluding steroid dienone is 1. The summed E-state index contributed by atoms with van der Waals surface area (Å²) in [5.41, 5.74) is 2.47. The lowest BCUT2D eigenvalue weighted by Gasteiger charge is -2.15. The van der Waals surface area contributed by atoms with Crippen molar-refractivity contribution in [2.45, 2.75) is 44.6 Å². The highest BCUT2D eigenvalue weighted by molar-refractivity contribution is 5.96. The maximum absolute atomic E-state index is 13.6. The minimum absolute atomic E-state index is 0.221. The van der Waals surface area contributed by atoms with Crippen molar-refractivity contribution in [3.8, 4) is 5.69 Å². The third-order valence-corrected chi connectivity index (χ3v) is 4.71. The van der Waals surface area contributed by atoms with Gasteiger partial charge in [0.25, 0.3) is 5.91 Å². The fourth-order valence-electron chi connectivity index (χ4n) is 3.37. The second-order valence-electron chi connectivity index (χ2n) is 6.60. The lowest BCUT2D eigenvalue weighted by Crippen LogP contribution is -2.41. The standard InChI is InChI=1S/C20H22FN3O3/c1-2-3-10-16(20(26)27)22-19(25)18-15-9-4-5-11-17(15)24(23-18)14-8-6-7-13(21)12-14/h2,6-8,12,16H,1,3-5,9-11H2,(H,22,25)(H,26,27). The number of hydrogen-bond acceptors (Lipinski definition) is 3. The number of aromatic nitrogens is 2. The fourth-order valence-corrected chi connectivity index (χ4v) is 3.37. The molecular formula is C20H22FN3O3. The number of carboxylic acid groups (broad SMARTS) is 1. The molecule has 0 aliphatic heterocycles. The summed E-state index contributed by atoms with van der Waals surface area (Å²) < 4.78 is 15.2. The Morgan fingerprint density at radius 2 is 2.15 bits per heavy atom. The molecule has 7 heteroatoms. The summed E-state index contributed by atoms with van der Waals surface area (Å²) in [5.74, 6) is -1.99. The molecule has 142 valence electrons. The van der Waals surface area contributed by atoms with Crippen LogP contribution in [0.15, 0.2) is 36.9 Å². The van der Waals surface area contributed by atoms with Crippen molar-refractivity contribution in [1.29, 1.82) is 0 Å². The summed E-state index contributed by atoms with van der Waals surface area (Å²) in [6.07, 6.45) is 5.68. The Morgan fingerprint density at radius 1 is 1.37 bits per heavy atom. The van der Waals surface area contributed by atoms with E-state index in [0.717, 1.165) is 30.5 Å². The van der Waals surface area contributed by atoms with E-state index in [-0.39, 0.29) is 17.9 Å². The van der Waals surface area contributed by atoms with Crippen LogP contribution in [0.1, 0.15) is 47.4 Å². The highest BCUT2D eigenvalue weighted by Gasteiger charge is 2.28. The van der Waals surface area contributed by atoms with Crippen molar-refractivity contribution < 1.29 is 19.1 Å². The molecule has 1 aliphatic rings. The van der Waals surface area contributed by atoms with Crippen LogP contribution in [0.25, 0.3) is 5.69 Å². The van der Waals surface area contributed by atoms with Crippen molar-refractivity contribution in [2.24, 2.45) is 0 Å². The number of fused-ring (bicyclic) bond motifs is 1. The second kappa shape index (κ2) is 8.16. The number of rotatable bonds is 7. The molecule has 2 aromatic rings. The van der Waals surface area contributed by atoms with Crippen LogP contribution in [-0.2, 0) is 17.6 Å². The van der Waals surface area contributed by atoms with E-state index >= 15 is 0 Å². The third kappa shape index (κ3) is 4.07. The van der Waals surface area contributed by atoms with Crippen LogP contribution in [0.4, 0.5) is 4.39 Å². The van der Waals surface area contributed by atoms with Crippen LogP contribution in [0.2, 0.25) is 0 Å². The lowest BCUT2D eigenvalue weighted by molar-refractivity contribution is -0.139.